The van der Waals surface area contributed by atoms with Gasteiger partial charge in [-0.25, -0.2) is 13.1 Å². The van der Waals surface area contributed by atoms with Gasteiger partial charge in [0.15, 0.2) is 9.84 Å². The van der Waals surface area contributed by atoms with Crippen LogP contribution in [0.4, 0.5) is 0 Å². The zero-order valence-electron chi connectivity index (χ0n) is 17.9. The number of hydrogen-bond acceptors (Lipinski definition) is 7. The Kier molecular flexibility index (Phi) is 5.91. The fraction of sp³-hybridized carbons (Fsp3) is 0.619. The lowest BCUT2D eigenvalue weighted by atomic mass is 9.87. The smallest absolute Gasteiger partial charge is 0.288 e. The molecule has 0 aliphatic carbocycles. The molecule has 2 aliphatic heterocycles. The third-order valence-electron chi connectivity index (χ3n) is 6.07. The van der Waals surface area contributed by atoms with Crippen LogP contribution >= 0.6 is 12.2 Å². The van der Waals surface area contributed by atoms with Crippen molar-refractivity contribution in [3.8, 4) is 11.5 Å². The lowest BCUT2D eigenvalue weighted by Gasteiger charge is -2.37. The zero-order chi connectivity index (χ0) is 21.5. The highest BCUT2D eigenvalue weighted by atomic mass is 32.2. The van der Waals surface area contributed by atoms with Gasteiger partial charge in [-0.15, -0.1) is 5.10 Å². The molecule has 0 bridgehead atoms. The predicted octanol–water partition coefficient (Wildman–Crippen LogP) is 2.93. The minimum atomic E-state index is -2.84. The van der Waals surface area contributed by atoms with E-state index in [1.165, 1.54) is 5.56 Å². The van der Waals surface area contributed by atoms with Crippen molar-refractivity contribution >= 4 is 22.1 Å². The van der Waals surface area contributed by atoms with E-state index in [0.717, 1.165) is 38.2 Å². The van der Waals surface area contributed by atoms with E-state index in [4.69, 9.17) is 16.6 Å². The average molecular weight is 451 g/mol. The number of nitrogens with zero attached hydrogens (tertiary/aromatic N) is 4. The van der Waals surface area contributed by atoms with Crippen LogP contribution in [0.5, 0.6) is 0 Å². The van der Waals surface area contributed by atoms with Gasteiger partial charge in [-0.3, -0.25) is 9.80 Å². The molecule has 2 aromatic rings. The van der Waals surface area contributed by atoms with E-state index in [9.17, 15) is 8.42 Å². The standard InChI is InChI=1S/C21H30N4O3S2/c1-21(2,3)17-6-4-16(5-7-17)19-22-25(20(29)28-19)15-23-9-11-24(12-10-23)18-8-13-30(26,27)14-18/h4-7,18H,8-15H2,1-3H3. The quantitative estimate of drug-likeness (QED) is 0.663. The molecule has 0 amide bonds. The Morgan fingerprint density at radius 3 is 2.37 bits per heavy atom. The Morgan fingerprint density at radius 2 is 1.80 bits per heavy atom. The van der Waals surface area contributed by atoms with Crippen molar-refractivity contribution in [3.63, 3.8) is 0 Å². The van der Waals surface area contributed by atoms with Crippen molar-refractivity contribution in [1.29, 1.82) is 0 Å². The second-order valence-electron chi connectivity index (χ2n) is 9.35. The molecule has 3 heterocycles. The summed E-state index contributed by atoms with van der Waals surface area (Å²) in [4.78, 5) is 4.96. The van der Waals surface area contributed by atoms with Crippen molar-refractivity contribution in [2.24, 2.45) is 0 Å². The molecular weight excluding hydrogens is 420 g/mol. The van der Waals surface area contributed by atoms with Crippen LogP contribution < -0.4 is 0 Å². The Labute approximate surface area is 183 Å². The third kappa shape index (κ3) is 4.85. The lowest BCUT2D eigenvalue weighted by molar-refractivity contribution is 0.0803. The molecule has 0 saturated carbocycles. The summed E-state index contributed by atoms with van der Waals surface area (Å²) in [6.07, 6.45) is 0.758. The zero-order valence-corrected chi connectivity index (χ0v) is 19.5. The Morgan fingerprint density at radius 1 is 1.13 bits per heavy atom. The van der Waals surface area contributed by atoms with E-state index in [1.54, 1.807) is 4.68 Å². The number of benzene rings is 1. The first-order chi connectivity index (χ1) is 14.1. The van der Waals surface area contributed by atoms with Gasteiger partial charge in [0.1, 0.15) is 0 Å². The maximum atomic E-state index is 11.7. The van der Waals surface area contributed by atoms with E-state index in [0.29, 0.717) is 28.9 Å². The maximum Gasteiger partial charge on any atom is 0.288 e. The SMILES string of the molecule is CC(C)(C)c1ccc(-c2nn(CN3CCN(C4CCS(=O)(=O)C4)CC3)c(=S)o2)cc1. The van der Waals surface area contributed by atoms with Gasteiger partial charge in [0.2, 0.25) is 5.89 Å². The Balaban J connectivity index is 1.37. The van der Waals surface area contributed by atoms with Crippen LogP contribution in [0.2, 0.25) is 0 Å². The molecule has 2 fully saturated rings. The molecule has 1 atom stereocenters. The minimum Gasteiger partial charge on any atom is -0.409 e. The van der Waals surface area contributed by atoms with Crippen molar-refractivity contribution < 1.29 is 12.8 Å². The number of aromatic nitrogens is 2. The van der Waals surface area contributed by atoms with Crippen LogP contribution in [0.1, 0.15) is 32.8 Å². The van der Waals surface area contributed by atoms with Crippen LogP contribution in [-0.2, 0) is 21.9 Å². The van der Waals surface area contributed by atoms with E-state index < -0.39 is 9.84 Å². The topological polar surface area (TPSA) is 71.6 Å². The second kappa shape index (κ2) is 8.18. The highest BCUT2D eigenvalue weighted by molar-refractivity contribution is 7.91. The molecule has 4 rings (SSSR count). The highest BCUT2D eigenvalue weighted by Crippen LogP contribution is 2.26. The van der Waals surface area contributed by atoms with E-state index in [-0.39, 0.29) is 11.5 Å². The van der Waals surface area contributed by atoms with Gasteiger partial charge in [-0.1, -0.05) is 32.9 Å². The molecule has 30 heavy (non-hydrogen) atoms. The molecule has 2 aliphatic rings. The second-order valence-corrected chi connectivity index (χ2v) is 11.9. The summed E-state index contributed by atoms with van der Waals surface area (Å²) in [6.45, 7) is 10.6. The molecule has 2 saturated heterocycles. The van der Waals surface area contributed by atoms with Crippen LogP contribution in [0, 0.1) is 4.84 Å². The van der Waals surface area contributed by atoms with Crippen molar-refractivity contribution in [3.05, 3.63) is 34.7 Å². The summed E-state index contributed by atoms with van der Waals surface area (Å²) >= 11 is 5.39. The van der Waals surface area contributed by atoms with E-state index in [2.05, 4.69) is 47.8 Å². The first-order valence-electron chi connectivity index (χ1n) is 10.5. The molecule has 7 nitrogen and oxygen atoms in total. The normalized spacial score (nSPS) is 23.1. The molecule has 1 aromatic heterocycles. The van der Waals surface area contributed by atoms with Crippen LogP contribution in [-0.4, -0.2) is 71.7 Å². The molecule has 0 spiro atoms. The summed E-state index contributed by atoms with van der Waals surface area (Å²) in [7, 11) is -2.84. The Bertz CT molecular complexity index is 1040. The van der Waals surface area contributed by atoms with Crippen LogP contribution in [0.15, 0.2) is 28.7 Å². The number of rotatable bonds is 4. The van der Waals surface area contributed by atoms with Gasteiger partial charge >= 0.3 is 0 Å². The van der Waals surface area contributed by atoms with Gasteiger partial charge in [0.25, 0.3) is 4.84 Å². The van der Waals surface area contributed by atoms with E-state index >= 15 is 0 Å². The summed E-state index contributed by atoms with van der Waals surface area (Å²) in [5.74, 6) is 1.17. The molecule has 164 valence electrons. The summed E-state index contributed by atoms with van der Waals surface area (Å²) in [6, 6.07) is 8.44. The molecule has 1 aromatic carbocycles. The largest absolute Gasteiger partial charge is 0.409 e. The first kappa shape index (κ1) is 21.7. The van der Waals surface area contributed by atoms with Crippen molar-refractivity contribution in [2.45, 2.75) is 45.3 Å². The molecule has 1 unspecified atom stereocenters. The summed E-state index contributed by atoms with van der Waals surface area (Å²) < 4.78 is 31.0. The van der Waals surface area contributed by atoms with E-state index in [1.807, 2.05) is 12.1 Å². The fourth-order valence-electron chi connectivity index (χ4n) is 4.15. The van der Waals surface area contributed by atoms with Gasteiger partial charge in [0, 0.05) is 37.8 Å². The first-order valence-corrected chi connectivity index (χ1v) is 12.7. The average Bonchev–Trinajstić information content (AvgIpc) is 3.24. The lowest BCUT2D eigenvalue weighted by Crippen LogP contribution is -2.50. The van der Waals surface area contributed by atoms with Crippen LogP contribution in [0.3, 0.4) is 0 Å². The molecular formula is C21H30N4O3S2. The van der Waals surface area contributed by atoms with Crippen molar-refractivity contribution in [1.82, 2.24) is 19.6 Å². The predicted molar refractivity (Wildman–Crippen MR) is 120 cm³/mol. The highest BCUT2D eigenvalue weighted by Gasteiger charge is 2.33. The van der Waals surface area contributed by atoms with Crippen molar-refractivity contribution in [2.75, 3.05) is 37.7 Å². The number of hydrogen-bond donors (Lipinski definition) is 0. The molecule has 0 N–H and O–H groups in total. The molecule has 9 heteroatoms. The number of piperazine rings is 1. The third-order valence-corrected chi connectivity index (χ3v) is 8.11. The van der Waals surface area contributed by atoms with Gasteiger partial charge < -0.3 is 4.42 Å². The maximum absolute atomic E-state index is 11.7. The molecule has 0 radical (unpaired) electrons. The minimum absolute atomic E-state index is 0.100. The van der Waals surface area contributed by atoms with Gasteiger partial charge in [0.05, 0.1) is 18.2 Å². The summed E-state index contributed by atoms with van der Waals surface area (Å²) in [5.41, 5.74) is 2.28. The fourth-order valence-corrected chi connectivity index (χ4v) is 6.09. The van der Waals surface area contributed by atoms with Gasteiger partial charge in [-0.2, -0.15) is 0 Å². The number of sulfone groups is 1. The van der Waals surface area contributed by atoms with Gasteiger partial charge in [-0.05, 0) is 41.7 Å². The Hall–Kier alpha value is -1.55. The van der Waals surface area contributed by atoms with Crippen LogP contribution in [0.25, 0.3) is 11.5 Å². The summed E-state index contributed by atoms with van der Waals surface area (Å²) in [5, 5.41) is 4.59. The monoisotopic (exact) mass is 450 g/mol.